The highest BCUT2D eigenvalue weighted by atomic mass is 19.4. The molecule has 2 fully saturated rings. The number of nitrogens with zero attached hydrogens (tertiary/aromatic N) is 1. The summed E-state index contributed by atoms with van der Waals surface area (Å²) in [6.07, 6.45) is -2.12. The summed E-state index contributed by atoms with van der Waals surface area (Å²) in [5.41, 5.74) is -0.647. The molecule has 0 bridgehead atoms. The van der Waals surface area contributed by atoms with E-state index in [9.17, 15) is 22.8 Å². The van der Waals surface area contributed by atoms with Gasteiger partial charge >= 0.3 is 12.2 Å². The van der Waals surface area contributed by atoms with E-state index in [2.05, 4.69) is 5.32 Å². The molecular formula is C14H13F3N2O2. The van der Waals surface area contributed by atoms with Gasteiger partial charge in [0, 0.05) is 6.04 Å². The number of alkyl halides is 3. The number of fused-ring (bicyclic) bond motifs is 1. The Kier molecular flexibility index (Phi) is 3.15. The second kappa shape index (κ2) is 4.75. The van der Waals surface area contributed by atoms with Gasteiger partial charge in [-0.3, -0.25) is 4.79 Å². The van der Waals surface area contributed by atoms with Gasteiger partial charge in [-0.1, -0.05) is 6.42 Å². The number of urea groups is 1. The van der Waals surface area contributed by atoms with Crippen LogP contribution < -0.4 is 10.2 Å². The zero-order valence-corrected chi connectivity index (χ0v) is 11.0. The smallest absolute Gasteiger partial charge is 0.334 e. The number of imide groups is 1. The van der Waals surface area contributed by atoms with Crippen molar-refractivity contribution < 1.29 is 22.8 Å². The molecular weight excluding hydrogens is 285 g/mol. The number of hydrogen-bond donors (Lipinski definition) is 1. The van der Waals surface area contributed by atoms with Crippen LogP contribution in [-0.2, 0) is 11.0 Å². The third-order valence-corrected chi connectivity index (χ3v) is 4.02. The van der Waals surface area contributed by atoms with E-state index >= 15 is 0 Å². The second-order valence-electron chi connectivity index (χ2n) is 5.31. The molecule has 0 aromatic heterocycles. The summed E-state index contributed by atoms with van der Waals surface area (Å²) in [6, 6.07) is 3.33. The highest BCUT2D eigenvalue weighted by Gasteiger charge is 2.44. The van der Waals surface area contributed by atoms with Gasteiger partial charge in [0.2, 0.25) is 5.91 Å². The lowest BCUT2D eigenvalue weighted by Gasteiger charge is -2.33. The number of hydrogen-bond acceptors (Lipinski definition) is 2. The van der Waals surface area contributed by atoms with Crippen LogP contribution in [0.4, 0.5) is 23.7 Å². The van der Waals surface area contributed by atoms with Gasteiger partial charge in [0.25, 0.3) is 0 Å². The molecule has 3 rings (SSSR count). The molecule has 1 N–H and O–H groups in total. The summed E-state index contributed by atoms with van der Waals surface area (Å²) in [7, 11) is 0. The fourth-order valence-corrected chi connectivity index (χ4v) is 2.96. The summed E-state index contributed by atoms with van der Waals surface area (Å²) >= 11 is 0. The molecule has 2 aliphatic rings. The van der Waals surface area contributed by atoms with Crippen molar-refractivity contribution in [3.63, 3.8) is 0 Å². The normalized spacial score (nSPS) is 25.8. The summed E-state index contributed by atoms with van der Waals surface area (Å²) in [6.45, 7) is 0. The van der Waals surface area contributed by atoms with Gasteiger partial charge in [-0.15, -0.1) is 0 Å². The maximum absolute atomic E-state index is 12.5. The van der Waals surface area contributed by atoms with Gasteiger partial charge in [0.15, 0.2) is 0 Å². The van der Waals surface area contributed by atoms with Crippen LogP contribution >= 0.6 is 0 Å². The number of amides is 3. The number of anilines is 1. The molecule has 1 aliphatic heterocycles. The van der Waals surface area contributed by atoms with Gasteiger partial charge in [-0.25, -0.2) is 9.69 Å². The van der Waals surface area contributed by atoms with Crippen LogP contribution in [0.2, 0.25) is 0 Å². The molecule has 2 atom stereocenters. The van der Waals surface area contributed by atoms with Gasteiger partial charge in [0.05, 0.1) is 17.2 Å². The Morgan fingerprint density at radius 3 is 2.38 bits per heavy atom. The van der Waals surface area contributed by atoms with E-state index in [0.29, 0.717) is 6.42 Å². The van der Waals surface area contributed by atoms with Crippen LogP contribution in [0.15, 0.2) is 24.3 Å². The average Bonchev–Trinajstić information content (AvgIpc) is 2.86. The molecule has 0 radical (unpaired) electrons. The number of carbonyl (C=O) groups is 2. The van der Waals surface area contributed by atoms with Crippen LogP contribution in [0.3, 0.4) is 0 Å². The third-order valence-electron chi connectivity index (χ3n) is 4.02. The number of carbonyl (C=O) groups excluding carboxylic acids is 2. The van der Waals surface area contributed by atoms with Crippen molar-refractivity contribution in [3.8, 4) is 0 Å². The largest absolute Gasteiger partial charge is 0.416 e. The summed E-state index contributed by atoms with van der Waals surface area (Å²) < 4.78 is 37.6. The molecule has 2 unspecified atom stereocenters. The summed E-state index contributed by atoms with van der Waals surface area (Å²) in [5, 5.41) is 2.75. The van der Waals surface area contributed by atoms with Crippen molar-refractivity contribution in [2.45, 2.75) is 31.5 Å². The van der Waals surface area contributed by atoms with Crippen molar-refractivity contribution in [1.82, 2.24) is 5.32 Å². The van der Waals surface area contributed by atoms with E-state index < -0.39 is 17.8 Å². The minimum atomic E-state index is -4.44. The van der Waals surface area contributed by atoms with E-state index in [1.807, 2.05) is 0 Å². The molecule has 3 amide bonds. The standard InChI is InChI=1S/C14H13F3N2O2/c15-14(16,17)8-4-6-9(7-5-8)19-12(20)10-2-1-3-11(10)18-13(19)21/h4-7,10-11H,1-3H2,(H,18,21). The molecule has 21 heavy (non-hydrogen) atoms. The maximum atomic E-state index is 12.5. The van der Waals surface area contributed by atoms with Crippen LogP contribution in [0.5, 0.6) is 0 Å². The average molecular weight is 298 g/mol. The summed E-state index contributed by atoms with van der Waals surface area (Å²) in [4.78, 5) is 25.3. The van der Waals surface area contributed by atoms with Crippen LogP contribution in [0.25, 0.3) is 0 Å². The molecule has 1 heterocycles. The molecule has 1 aromatic rings. The van der Waals surface area contributed by atoms with Gasteiger partial charge in [0.1, 0.15) is 0 Å². The quantitative estimate of drug-likeness (QED) is 0.866. The Morgan fingerprint density at radius 1 is 1.10 bits per heavy atom. The Balaban J connectivity index is 1.89. The molecule has 1 aromatic carbocycles. The second-order valence-corrected chi connectivity index (χ2v) is 5.31. The molecule has 1 saturated carbocycles. The first kappa shape index (κ1) is 13.9. The lowest BCUT2D eigenvalue weighted by molar-refractivity contribution is -0.137. The zero-order valence-electron chi connectivity index (χ0n) is 11.0. The van der Waals surface area contributed by atoms with E-state index in [1.54, 1.807) is 0 Å². The molecule has 4 nitrogen and oxygen atoms in total. The summed E-state index contributed by atoms with van der Waals surface area (Å²) in [5.74, 6) is -0.606. The molecule has 1 aliphatic carbocycles. The van der Waals surface area contributed by atoms with Gasteiger partial charge in [-0.05, 0) is 37.1 Å². The maximum Gasteiger partial charge on any atom is 0.416 e. The topological polar surface area (TPSA) is 49.4 Å². The number of rotatable bonds is 1. The van der Waals surface area contributed by atoms with Crippen molar-refractivity contribution in [1.29, 1.82) is 0 Å². The number of halogens is 3. The first-order chi connectivity index (χ1) is 9.88. The van der Waals surface area contributed by atoms with E-state index in [1.165, 1.54) is 0 Å². The third kappa shape index (κ3) is 2.36. The predicted molar refractivity (Wildman–Crippen MR) is 68.6 cm³/mol. The first-order valence-electron chi connectivity index (χ1n) is 6.69. The van der Waals surface area contributed by atoms with Crippen LogP contribution in [0.1, 0.15) is 24.8 Å². The Bertz CT molecular complexity index is 583. The molecule has 0 spiro atoms. The minimum absolute atomic E-state index is 0.143. The van der Waals surface area contributed by atoms with Crippen molar-refractivity contribution in [3.05, 3.63) is 29.8 Å². The SMILES string of the molecule is O=C1NC2CCCC2C(=O)N1c1ccc(C(F)(F)F)cc1. The lowest BCUT2D eigenvalue weighted by atomic mass is 9.99. The zero-order chi connectivity index (χ0) is 15.2. The van der Waals surface area contributed by atoms with Crippen molar-refractivity contribution >= 4 is 17.6 Å². The van der Waals surface area contributed by atoms with Crippen molar-refractivity contribution in [2.75, 3.05) is 4.90 Å². The fraction of sp³-hybridized carbons (Fsp3) is 0.429. The highest BCUT2D eigenvalue weighted by molar-refractivity contribution is 6.17. The van der Waals surface area contributed by atoms with E-state index in [-0.39, 0.29) is 23.6 Å². The molecule has 1 saturated heterocycles. The molecule has 112 valence electrons. The Labute approximate surface area is 118 Å². The van der Waals surface area contributed by atoms with Crippen molar-refractivity contribution in [2.24, 2.45) is 5.92 Å². The lowest BCUT2D eigenvalue weighted by Crippen LogP contribution is -2.58. The highest BCUT2D eigenvalue weighted by Crippen LogP contribution is 2.34. The van der Waals surface area contributed by atoms with Gasteiger partial charge < -0.3 is 5.32 Å². The predicted octanol–water partition coefficient (Wildman–Crippen LogP) is 2.93. The monoisotopic (exact) mass is 298 g/mol. The first-order valence-corrected chi connectivity index (χ1v) is 6.69. The van der Waals surface area contributed by atoms with Gasteiger partial charge in [-0.2, -0.15) is 13.2 Å². The number of nitrogens with one attached hydrogen (secondary N) is 1. The number of benzene rings is 1. The van der Waals surface area contributed by atoms with E-state index in [4.69, 9.17) is 0 Å². The van der Waals surface area contributed by atoms with E-state index in [0.717, 1.165) is 42.0 Å². The molecule has 7 heteroatoms. The fourth-order valence-electron chi connectivity index (χ4n) is 2.96. The van der Waals surface area contributed by atoms with Crippen LogP contribution in [0, 0.1) is 5.92 Å². The minimum Gasteiger partial charge on any atom is -0.334 e. The van der Waals surface area contributed by atoms with Crippen LogP contribution in [-0.4, -0.2) is 18.0 Å². The Morgan fingerprint density at radius 2 is 1.76 bits per heavy atom. The Hall–Kier alpha value is -2.05.